The molecule has 0 unspecified atom stereocenters. The molecule has 24 heavy (non-hydrogen) atoms. The van der Waals surface area contributed by atoms with Crippen LogP contribution in [0.1, 0.15) is 40.3 Å². The quantitative estimate of drug-likeness (QED) is 0.719. The maximum Gasteiger partial charge on any atom is 0.232 e. The lowest BCUT2D eigenvalue weighted by Gasteiger charge is -2.01. The summed E-state index contributed by atoms with van der Waals surface area (Å²) in [6.45, 7) is 0.733. The van der Waals surface area contributed by atoms with Crippen molar-refractivity contribution in [1.29, 1.82) is 5.26 Å². The molecule has 0 bridgehead atoms. The maximum absolute atomic E-state index is 9.29. The van der Waals surface area contributed by atoms with Gasteiger partial charge in [0.1, 0.15) is 6.07 Å². The fourth-order valence-corrected chi connectivity index (χ4v) is 3.69. The number of rotatable bonds is 6. The third-order valence-corrected chi connectivity index (χ3v) is 5.26. The van der Waals surface area contributed by atoms with Crippen LogP contribution in [0.15, 0.2) is 52.3 Å². The number of aromatic nitrogens is 1. The highest BCUT2D eigenvalue weighted by molar-refractivity contribution is 7.09. The molecule has 1 fully saturated rings. The number of nitriles is 1. The SMILES string of the molecule is N#Cc1nc([C@@H]2C[C@H]2c2ccccc2)oc1NCCc1cccs1. The fraction of sp³-hybridized carbons (Fsp3) is 0.263. The fourth-order valence-electron chi connectivity index (χ4n) is 2.98. The van der Waals surface area contributed by atoms with Gasteiger partial charge in [0.25, 0.3) is 0 Å². The molecule has 2 aromatic heterocycles. The summed E-state index contributed by atoms with van der Waals surface area (Å²) in [4.78, 5) is 5.71. The van der Waals surface area contributed by atoms with E-state index < -0.39 is 0 Å². The van der Waals surface area contributed by atoms with E-state index in [1.807, 2.05) is 12.1 Å². The van der Waals surface area contributed by atoms with E-state index in [2.05, 4.69) is 52.1 Å². The predicted octanol–water partition coefficient (Wildman–Crippen LogP) is 4.53. The van der Waals surface area contributed by atoms with Gasteiger partial charge < -0.3 is 9.73 Å². The van der Waals surface area contributed by atoms with E-state index in [-0.39, 0.29) is 5.92 Å². The number of hydrogen-bond donors (Lipinski definition) is 1. The lowest BCUT2D eigenvalue weighted by atomic mass is 10.1. The molecule has 120 valence electrons. The molecule has 0 aliphatic heterocycles. The second kappa shape index (κ2) is 6.50. The summed E-state index contributed by atoms with van der Waals surface area (Å²) >= 11 is 1.73. The monoisotopic (exact) mass is 335 g/mol. The smallest absolute Gasteiger partial charge is 0.232 e. The van der Waals surface area contributed by atoms with Crippen LogP contribution in [0.5, 0.6) is 0 Å². The number of thiophene rings is 1. The first-order valence-corrected chi connectivity index (χ1v) is 8.95. The van der Waals surface area contributed by atoms with Crippen LogP contribution in [0.2, 0.25) is 0 Å². The van der Waals surface area contributed by atoms with Gasteiger partial charge in [0.2, 0.25) is 17.5 Å². The Hall–Kier alpha value is -2.58. The van der Waals surface area contributed by atoms with Crippen molar-refractivity contribution < 1.29 is 4.42 Å². The van der Waals surface area contributed by atoms with Crippen molar-refractivity contribution in [3.8, 4) is 6.07 Å². The minimum Gasteiger partial charge on any atom is -0.424 e. The minimum absolute atomic E-state index is 0.285. The van der Waals surface area contributed by atoms with E-state index in [0.29, 0.717) is 23.4 Å². The van der Waals surface area contributed by atoms with Gasteiger partial charge in [0.15, 0.2) is 0 Å². The predicted molar refractivity (Wildman–Crippen MR) is 94.3 cm³/mol. The molecule has 5 heteroatoms. The second-order valence-electron chi connectivity index (χ2n) is 5.96. The molecule has 4 nitrogen and oxygen atoms in total. The van der Waals surface area contributed by atoms with Crippen molar-refractivity contribution in [3.63, 3.8) is 0 Å². The van der Waals surface area contributed by atoms with Crippen LogP contribution < -0.4 is 5.32 Å². The number of benzene rings is 1. The second-order valence-corrected chi connectivity index (χ2v) is 6.99. The van der Waals surface area contributed by atoms with Crippen LogP contribution in [0, 0.1) is 11.3 Å². The summed E-state index contributed by atoms with van der Waals surface area (Å²) in [6.07, 6.45) is 1.94. The summed E-state index contributed by atoms with van der Waals surface area (Å²) in [5.74, 6) is 1.92. The molecule has 0 radical (unpaired) electrons. The molecular weight excluding hydrogens is 318 g/mol. The Kier molecular flexibility index (Phi) is 4.06. The number of nitrogens with zero attached hydrogens (tertiary/aromatic N) is 2. The van der Waals surface area contributed by atoms with Gasteiger partial charge >= 0.3 is 0 Å². The zero-order valence-electron chi connectivity index (χ0n) is 13.1. The van der Waals surface area contributed by atoms with Gasteiger partial charge in [-0.15, -0.1) is 11.3 Å². The van der Waals surface area contributed by atoms with Crippen LogP contribution in [-0.4, -0.2) is 11.5 Å². The van der Waals surface area contributed by atoms with Gasteiger partial charge in [-0.05, 0) is 35.8 Å². The molecule has 0 spiro atoms. The highest BCUT2D eigenvalue weighted by Gasteiger charge is 2.43. The molecule has 1 aromatic carbocycles. The first-order chi connectivity index (χ1) is 11.8. The van der Waals surface area contributed by atoms with Crippen molar-refractivity contribution in [2.24, 2.45) is 0 Å². The normalized spacial score (nSPS) is 19.0. The topological polar surface area (TPSA) is 61.9 Å². The summed E-state index contributed by atoms with van der Waals surface area (Å²) in [5.41, 5.74) is 1.67. The van der Waals surface area contributed by atoms with Crippen LogP contribution in [0.4, 0.5) is 5.88 Å². The van der Waals surface area contributed by atoms with E-state index in [9.17, 15) is 5.26 Å². The zero-order valence-corrected chi connectivity index (χ0v) is 13.9. The number of hydrogen-bond acceptors (Lipinski definition) is 5. The zero-order chi connectivity index (χ0) is 16.4. The molecule has 1 aliphatic carbocycles. The van der Waals surface area contributed by atoms with E-state index in [1.165, 1.54) is 10.4 Å². The van der Waals surface area contributed by atoms with E-state index in [1.54, 1.807) is 11.3 Å². The summed E-state index contributed by atoms with van der Waals surface area (Å²) < 4.78 is 5.86. The average molecular weight is 335 g/mol. The Morgan fingerprint density at radius 2 is 2.08 bits per heavy atom. The average Bonchev–Trinajstić information content (AvgIpc) is 3.05. The van der Waals surface area contributed by atoms with Gasteiger partial charge in [0.05, 0.1) is 0 Å². The van der Waals surface area contributed by atoms with Gasteiger partial charge in [-0.25, -0.2) is 4.98 Å². The molecule has 1 N–H and O–H groups in total. The third-order valence-electron chi connectivity index (χ3n) is 4.32. The van der Waals surface area contributed by atoms with Gasteiger partial charge in [-0.1, -0.05) is 36.4 Å². The van der Waals surface area contributed by atoms with Crippen molar-refractivity contribution in [2.45, 2.75) is 24.7 Å². The molecule has 0 amide bonds. The largest absolute Gasteiger partial charge is 0.424 e. The van der Waals surface area contributed by atoms with Crippen molar-refractivity contribution in [2.75, 3.05) is 11.9 Å². The Morgan fingerprint density at radius 1 is 1.21 bits per heavy atom. The molecule has 2 heterocycles. The van der Waals surface area contributed by atoms with Crippen molar-refractivity contribution in [3.05, 3.63) is 69.9 Å². The first kappa shape index (κ1) is 15.0. The molecule has 1 aliphatic rings. The number of oxazole rings is 1. The van der Waals surface area contributed by atoms with Gasteiger partial charge in [-0.2, -0.15) is 5.26 Å². The third kappa shape index (κ3) is 3.06. The van der Waals surface area contributed by atoms with E-state index >= 15 is 0 Å². The lowest BCUT2D eigenvalue weighted by molar-refractivity contribution is 0.505. The molecule has 3 aromatic rings. The molecular formula is C19H17N3OS. The van der Waals surface area contributed by atoms with Crippen molar-refractivity contribution in [1.82, 2.24) is 4.98 Å². The highest BCUT2D eigenvalue weighted by atomic mass is 32.1. The van der Waals surface area contributed by atoms with Gasteiger partial charge in [0, 0.05) is 17.3 Å². The maximum atomic E-state index is 9.29. The molecule has 4 rings (SSSR count). The lowest BCUT2D eigenvalue weighted by Crippen LogP contribution is -2.04. The van der Waals surface area contributed by atoms with Crippen LogP contribution in [-0.2, 0) is 6.42 Å². The minimum atomic E-state index is 0.285. The van der Waals surface area contributed by atoms with Crippen LogP contribution in [0.3, 0.4) is 0 Å². The van der Waals surface area contributed by atoms with Crippen LogP contribution >= 0.6 is 11.3 Å². The highest BCUT2D eigenvalue weighted by Crippen LogP contribution is 2.54. The Labute approximate surface area is 144 Å². The molecule has 2 atom stereocenters. The van der Waals surface area contributed by atoms with E-state index in [4.69, 9.17) is 4.42 Å². The van der Waals surface area contributed by atoms with Crippen LogP contribution in [0.25, 0.3) is 0 Å². The summed E-state index contributed by atoms with van der Waals surface area (Å²) in [5, 5.41) is 14.6. The van der Waals surface area contributed by atoms with E-state index in [0.717, 1.165) is 19.4 Å². The Bertz CT molecular complexity index is 849. The van der Waals surface area contributed by atoms with Gasteiger partial charge in [-0.3, -0.25) is 0 Å². The molecule has 0 saturated heterocycles. The Morgan fingerprint density at radius 3 is 2.83 bits per heavy atom. The summed E-state index contributed by atoms with van der Waals surface area (Å²) in [6, 6.07) is 16.7. The van der Waals surface area contributed by atoms with Crippen molar-refractivity contribution >= 4 is 17.2 Å². The molecule has 1 saturated carbocycles. The Balaban J connectivity index is 1.43. The number of anilines is 1. The standard InChI is InChI=1S/C19H17N3OS/c20-12-17-19(21-9-8-14-7-4-10-24-14)23-18(22-17)16-11-15(16)13-5-2-1-3-6-13/h1-7,10,15-16,21H,8-9,11H2/t15-,16+/m0/s1. The first-order valence-electron chi connectivity index (χ1n) is 8.07. The summed E-state index contributed by atoms with van der Waals surface area (Å²) in [7, 11) is 0. The number of nitrogens with one attached hydrogen (secondary N) is 1.